The summed E-state index contributed by atoms with van der Waals surface area (Å²) in [6.07, 6.45) is 0.870. The molecule has 24 heavy (non-hydrogen) atoms. The zero-order chi connectivity index (χ0) is 18.2. The van der Waals surface area contributed by atoms with E-state index in [0.29, 0.717) is 26.1 Å². The molecule has 0 bridgehead atoms. The average Bonchev–Trinajstić information content (AvgIpc) is 2.53. The van der Waals surface area contributed by atoms with Gasteiger partial charge in [0, 0.05) is 12.5 Å². The Labute approximate surface area is 144 Å². The largest absolute Gasteiger partial charge is 0.466 e. The Hall–Kier alpha value is -1.44. The zero-order valence-electron chi connectivity index (χ0n) is 14.6. The molecule has 0 aromatic heterocycles. The number of sulfonamides is 1. The van der Waals surface area contributed by atoms with Gasteiger partial charge in [-0.15, -0.1) is 0 Å². The molecule has 7 heteroatoms. The van der Waals surface area contributed by atoms with Crippen molar-refractivity contribution in [3.05, 3.63) is 35.4 Å². The molecule has 1 atom stereocenters. The van der Waals surface area contributed by atoms with Gasteiger partial charge in [0.25, 0.3) is 0 Å². The lowest BCUT2D eigenvalue weighted by Gasteiger charge is -2.15. The lowest BCUT2D eigenvalue weighted by Crippen LogP contribution is -2.32. The monoisotopic (exact) mass is 356 g/mol. The van der Waals surface area contributed by atoms with E-state index in [0.717, 1.165) is 11.1 Å². The highest BCUT2D eigenvalue weighted by atomic mass is 32.2. The number of ether oxygens (including phenoxy) is 1. The molecule has 0 aliphatic carbocycles. The van der Waals surface area contributed by atoms with Crippen LogP contribution in [0.25, 0.3) is 0 Å². The Morgan fingerprint density at radius 3 is 2.38 bits per heavy atom. The number of nitrogens with two attached hydrogens (primary N) is 1. The van der Waals surface area contributed by atoms with Crippen molar-refractivity contribution in [3.8, 4) is 0 Å². The van der Waals surface area contributed by atoms with E-state index in [9.17, 15) is 13.2 Å². The maximum absolute atomic E-state index is 11.7. The van der Waals surface area contributed by atoms with Gasteiger partial charge < -0.3 is 10.5 Å². The average molecular weight is 356 g/mol. The van der Waals surface area contributed by atoms with E-state index in [1.54, 1.807) is 20.8 Å². The van der Waals surface area contributed by atoms with Crippen LogP contribution < -0.4 is 10.5 Å². The van der Waals surface area contributed by atoms with Crippen LogP contribution in [-0.4, -0.2) is 39.3 Å². The Morgan fingerprint density at radius 2 is 1.88 bits per heavy atom. The molecule has 0 spiro atoms. The molecule has 1 aromatic rings. The number of carbonyl (C=O) groups is 1. The zero-order valence-corrected chi connectivity index (χ0v) is 15.4. The first kappa shape index (κ1) is 20.6. The van der Waals surface area contributed by atoms with E-state index < -0.39 is 15.3 Å². The standard InChI is InChI=1S/C17H28N2O4S/c1-4-23-17(20)11-16(12-18)15-7-5-14(6-8-15)9-10-19-24(21,22)13(2)3/h5-8,13,16,19H,4,9-12,18H2,1-3H3. The maximum atomic E-state index is 11.7. The first-order valence-corrected chi connectivity index (χ1v) is 9.77. The quantitative estimate of drug-likeness (QED) is 0.620. The van der Waals surface area contributed by atoms with Crippen molar-refractivity contribution in [1.29, 1.82) is 0 Å². The highest BCUT2D eigenvalue weighted by Gasteiger charge is 2.16. The second-order valence-corrected chi connectivity index (χ2v) is 8.24. The van der Waals surface area contributed by atoms with Gasteiger partial charge in [-0.2, -0.15) is 0 Å². The van der Waals surface area contributed by atoms with Gasteiger partial charge in [-0.05, 0) is 44.9 Å². The van der Waals surface area contributed by atoms with Gasteiger partial charge in [-0.1, -0.05) is 24.3 Å². The molecule has 0 radical (unpaired) electrons. The fourth-order valence-corrected chi connectivity index (χ4v) is 2.94. The highest BCUT2D eigenvalue weighted by molar-refractivity contribution is 7.90. The Balaban J connectivity index is 2.60. The van der Waals surface area contributed by atoms with Crippen molar-refractivity contribution < 1.29 is 17.9 Å². The summed E-state index contributed by atoms with van der Waals surface area (Å²) in [7, 11) is -3.23. The summed E-state index contributed by atoms with van der Waals surface area (Å²) < 4.78 is 30.9. The lowest BCUT2D eigenvalue weighted by atomic mass is 9.94. The molecule has 0 heterocycles. The lowest BCUT2D eigenvalue weighted by molar-refractivity contribution is -0.143. The van der Waals surface area contributed by atoms with E-state index in [2.05, 4.69) is 4.72 Å². The summed E-state index contributed by atoms with van der Waals surface area (Å²) >= 11 is 0. The number of hydrogen-bond acceptors (Lipinski definition) is 5. The van der Waals surface area contributed by atoms with E-state index in [1.165, 1.54) is 0 Å². The molecule has 1 rings (SSSR count). The molecule has 6 nitrogen and oxygen atoms in total. The van der Waals surface area contributed by atoms with Crippen LogP contribution in [0.2, 0.25) is 0 Å². The van der Waals surface area contributed by atoms with E-state index in [4.69, 9.17) is 10.5 Å². The summed E-state index contributed by atoms with van der Waals surface area (Å²) in [5.41, 5.74) is 7.77. The van der Waals surface area contributed by atoms with Crippen LogP contribution in [-0.2, 0) is 26.0 Å². The minimum atomic E-state index is -3.23. The van der Waals surface area contributed by atoms with Crippen LogP contribution in [0.3, 0.4) is 0 Å². The smallest absolute Gasteiger partial charge is 0.306 e. The molecule has 1 unspecified atom stereocenters. The minimum absolute atomic E-state index is 0.0717. The summed E-state index contributed by atoms with van der Waals surface area (Å²) in [5.74, 6) is -0.322. The van der Waals surface area contributed by atoms with E-state index >= 15 is 0 Å². The SMILES string of the molecule is CCOC(=O)CC(CN)c1ccc(CCNS(=O)(=O)C(C)C)cc1. The fourth-order valence-electron chi connectivity index (χ4n) is 2.22. The number of benzene rings is 1. The molecule has 0 aliphatic rings. The van der Waals surface area contributed by atoms with E-state index in [1.807, 2.05) is 24.3 Å². The molecule has 0 aliphatic heterocycles. The second kappa shape index (κ2) is 9.76. The molecular formula is C17H28N2O4S. The summed E-state index contributed by atoms with van der Waals surface area (Å²) in [6, 6.07) is 7.74. The number of esters is 1. The van der Waals surface area contributed by atoms with Crippen LogP contribution >= 0.6 is 0 Å². The van der Waals surface area contributed by atoms with Crippen LogP contribution in [0.1, 0.15) is 44.2 Å². The third-order valence-electron chi connectivity index (χ3n) is 3.79. The summed E-state index contributed by atoms with van der Waals surface area (Å²) in [5, 5.41) is -0.437. The van der Waals surface area contributed by atoms with Gasteiger partial charge >= 0.3 is 5.97 Å². The van der Waals surface area contributed by atoms with Crippen molar-refractivity contribution in [3.63, 3.8) is 0 Å². The van der Waals surface area contributed by atoms with Gasteiger partial charge in [0.2, 0.25) is 10.0 Å². The predicted molar refractivity (Wildman–Crippen MR) is 95.2 cm³/mol. The fraction of sp³-hybridized carbons (Fsp3) is 0.588. The molecule has 0 amide bonds. The molecule has 0 saturated carbocycles. The molecule has 136 valence electrons. The first-order valence-electron chi connectivity index (χ1n) is 8.23. The number of hydrogen-bond donors (Lipinski definition) is 2. The van der Waals surface area contributed by atoms with Crippen LogP contribution in [0.4, 0.5) is 0 Å². The van der Waals surface area contributed by atoms with Crippen LogP contribution in [0.5, 0.6) is 0 Å². The number of carbonyl (C=O) groups excluding carboxylic acids is 1. The molecular weight excluding hydrogens is 328 g/mol. The van der Waals surface area contributed by atoms with Crippen LogP contribution in [0, 0.1) is 0 Å². The minimum Gasteiger partial charge on any atom is -0.466 e. The molecule has 3 N–H and O–H groups in total. The molecule has 0 fully saturated rings. The van der Waals surface area contributed by atoms with Crippen molar-refractivity contribution >= 4 is 16.0 Å². The van der Waals surface area contributed by atoms with Crippen molar-refractivity contribution in [2.75, 3.05) is 19.7 Å². The molecule has 0 saturated heterocycles. The van der Waals surface area contributed by atoms with Crippen molar-refractivity contribution in [2.45, 2.75) is 44.8 Å². The predicted octanol–water partition coefficient (Wildman–Crippen LogP) is 1.55. The van der Waals surface area contributed by atoms with Gasteiger partial charge in [0.1, 0.15) is 0 Å². The van der Waals surface area contributed by atoms with Crippen molar-refractivity contribution in [2.24, 2.45) is 5.73 Å². The highest BCUT2D eigenvalue weighted by Crippen LogP contribution is 2.20. The topological polar surface area (TPSA) is 98.5 Å². The second-order valence-electron chi connectivity index (χ2n) is 5.92. The Kier molecular flexibility index (Phi) is 8.38. The van der Waals surface area contributed by atoms with E-state index in [-0.39, 0.29) is 18.3 Å². The Bertz CT molecular complexity index is 612. The van der Waals surface area contributed by atoms with Gasteiger partial charge in [0.05, 0.1) is 18.3 Å². The van der Waals surface area contributed by atoms with Crippen molar-refractivity contribution in [1.82, 2.24) is 4.72 Å². The van der Waals surface area contributed by atoms with Gasteiger partial charge in [0.15, 0.2) is 0 Å². The van der Waals surface area contributed by atoms with Gasteiger partial charge in [-0.25, -0.2) is 13.1 Å². The summed E-state index contributed by atoms with van der Waals surface area (Å²) in [6.45, 7) is 6.16. The third kappa shape index (κ3) is 6.59. The Morgan fingerprint density at radius 1 is 1.25 bits per heavy atom. The third-order valence-corrected chi connectivity index (χ3v) is 5.64. The van der Waals surface area contributed by atoms with Crippen LogP contribution in [0.15, 0.2) is 24.3 Å². The van der Waals surface area contributed by atoms with Gasteiger partial charge in [-0.3, -0.25) is 4.79 Å². The maximum Gasteiger partial charge on any atom is 0.306 e. The molecule has 1 aromatic carbocycles. The first-order chi connectivity index (χ1) is 11.3. The number of nitrogens with one attached hydrogen (secondary N) is 1. The normalized spacial score (nSPS) is 13.0. The summed E-state index contributed by atoms with van der Waals surface area (Å²) in [4.78, 5) is 11.6. The number of rotatable bonds is 10.